The zero-order chi connectivity index (χ0) is 14.6. The fraction of sp³-hybridized carbons (Fsp3) is 0.273. The number of halogens is 4. The predicted molar refractivity (Wildman–Crippen MR) is 61.0 cm³/mol. The van der Waals surface area contributed by atoms with Gasteiger partial charge in [0.25, 0.3) is 5.91 Å². The van der Waals surface area contributed by atoms with Crippen molar-refractivity contribution in [2.75, 3.05) is 13.1 Å². The Morgan fingerprint density at radius 1 is 1.21 bits per heavy atom. The molecule has 0 heterocycles. The molecule has 0 unspecified atom stereocenters. The van der Waals surface area contributed by atoms with Gasteiger partial charge in [-0.05, 0) is 24.3 Å². The number of aliphatic carboxylic acids is 1. The van der Waals surface area contributed by atoms with Crippen molar-refractivity contribution in [1.29, 1.82) is 0 Å². The highest BCUT2D eigenvalue weighted by molar-refractivity contribution is 6.30. The third kappa shape index (κ3) is 5.17. The number of rotatable bonds is 4. The van der Waals surface area contributed by atoms with Gasteiger partial charge in [0, 0.05) is 10.6 Å². The van der Waals surface area contributed by atoms with Crippen LogP contribution in [0.3, 0.4) is 0 Å². The van der Waals surface area contributed by atoms with E-state index in [1.165, 1.54) is 24.3 Å². The Bertz CT molecular complexity index is 473. The zero-order valence-corrected chi connectivity index (χ0v) is 10.2. The smallest absolute Gasteiger partial charge is 0.406 e. The van der Waals surface area contributed by atoms with Crippen molar-refractivity contribution in [2.45, 2.75) is 6.18 Å². The van der Waals surface area contributed by atoms with Gasteiger partial charge in [-0.3, -0.25) is 9.59 Å². The predicted octanol–water partition coefficient (Wildman–Crippen LogP) is 2.43. The first-order chi connectivity index (χ1) is 8.69. The number of nitrogens with zero attached hydrogens (tertiary/aromatic N) is 1. The Balaban J connectivity index is 2.93. The van der Waals surface area contributed by atoms with E-state index in [1.807, 2.05) is 0 Å². The van der Waals surface area contributed by atoms with Crippen molar-refractivity contribution in [1.82, 2.24) is 4.90 Å². The minimum absolute atomic E-state index is 0.0603. The molecule has 0 spiro atoms. The summed E-state index contributed by atoms with van der Waals surface area (Å²) in [5.74, 6) is -2.54. The Hall–Kier alpha value is -1.76. The van der Waals surface area contributed by atoms with Crippen molar-refractivity contribution < 1.29 is 27.9 Å². The van der Waals surface area contributed by atoms with E-state index in [1.54, 1.807) is 0 Å². The molecule has 4 nitrogen and oxygen atoms in total. The van der Waals surface area contributed by atoms with E-state index in [0.29, 0.717) is 5.02 Å². The van der Waals surface area contributed by atoms with Gasteiger partial charge in [-0.1, -0.05) is 11.6 Å². The highest BCUT2D eigenvalue weighted by Crippen LogP contribution is 2.18. The fourth-order valence-corrected chi connectivity index (χ4v) is 1.48. The minimum atomic E-state index is -4.67. The van der Waals surface area contributed by atoms with Crippen LogP contribution in [0.2, 0.25) is 5.02 Å². The van der Waals surface area contributed by atoms with Crippen LogP contribution < -0.4 is 0 Å². The largest absolute Gasteiger partial charge is 0.480 e. The summed E-state index contributed by atoms with van der Waals surface area (Å²) in [6.07, 6.45) is -4.67. The number of amides is 1. The van der Waals surface area contributed by atoms with Gasteiger partial charge in [0.2, 0.25) is 0 Å². The molecule has 0 aliphatic rings. The standard InChI is InChI=1S/C11H9ClF3NO3/c12-8-3-1-7(2-4-8)10(19)16(5-9(17)18)6-11(13,14)15/h1-4H,5-6H2,(H,17,18). The molecule has 1 aromatic rings. The van der Waals surface area contributed by atoms with Crippen molar-refractivity contribution in [3.8, 4) is 0 Å². The maximum atomic E-state index is 12.3. The SMILES string of the molecule is O=C(O)CN(CC(F)(F)F)C(=O)c1ccc(Cl)cc1. The summed E-state index contributed by atoms with van der Waals surface area (Å²) < 4.78 is 36.9. The molecule has 1 rings (SSSR count). The van der Waals surface area contributed by atoms with E-state index < -0.39 is 31.1 Å². The number of hydrogen-bond donors (Lipinski definition) is 1. The van der Waals surface area contributed by atoms with E-state index in [-0.39, 0.29) is 10.5 Å². The first kappa shape index (κ1) is 15.3. The van der Waals surface area contributed by atoms with Crippen LogP contribution in [-0.2, 0) is 4.79 Å². The molecule has 0 aliphatic heterocycles. The lowest BCUT2D eigenvalue weighted by molar-refractivity contribution is -0.149. The van der Waals surface area contributed by atoms with Gasteiger partial charge >= 0.3 is 12.1 Å². The maximum absolute atomic E-state index is 12.3. The van der Waals surface area contributed by atoms with Gasteiger partial charge in [0.1, 0.15) is 13.1 Å². The molecule has 0 bridgehead atoms. The molecule has 0 atom stereocenters. The van der Waals surface area contributed by atoms with Crippen LogP contribution in [0.25, 0.3) is 0 Å². The van der Waals surface area contributed by atoms with E-state index in [2.05, 4.69) is 0 Å². The molecule has 1 aromatic carbocycles. The van der Waals surface area contributed by atoms with Crippen molar-refractivity contribution in [3.63, 3.8) is 0 Å². The highest BCUT2D eigenvalue weighted by Gasteiger charge is 2.34. The lowest BCUT2D eigenvalue weighted by Gasteiger charge is -2.22. The van der Waals surface area contributed by atoms with E-state index in [4.69, 9.17) is 16.7 Å². The molecule has 1 amide bonds. The monoisotopic (exact) mass is 295 g/mol. The lowest BCUT2D eigenvalue weighted by atomic mass is 10.2. The Labute approximate surface area is 111 Å². The molecule has 0 aromatic heterocycles. The van der Waals surface area contributed by atoms with Crippen LogP contribution in [0.1, 0.15) is 10.4 Å². The molecular weight excluding hydrogens is 287 g/mol. The summed E-state index contributed by atoms with van der Waals surface area (Å²) >= 11 is 5.59. The van der Waals surface area contributed by atoms with Crippen LogP contribution in [0.15, 0.2) is 24.3 Å². The molecule has 19 heavy (non-hydrogen) atoms. The van der Waals surface area contributed by atoms with Gasteiger partial charge in [-0.25, -0.2) is 0 Å². The number of carboxylic acid groups (broad SMARTS) is 1. The van der Waals surface area contributed by atoms with Crippen LogP contribution in [0.5, 0.6) is 0 Å². The molecule has 104 valence electrons. The maximum Gasteiger partial charge on any atom is 0.406 e. The lowest BCUT2D eigenvalue weighted by Crippen LogP contribution is -2.42. The molecular formula is C11H9ClF3NO3. The summed E-state index contributed by atoms with van der Waals surface area (Å²) in [5.41, 5.74) is -0.0603. The number of benzene rings is 1. The van der Waals surface area contributed by atoms with E-state index in [0.717, 1.165) is 0 Å². The average molecular weight is 296 g/mol. The normalized spacial score (nSPS) is 11.2. The molecule has 1 N–H and O–H groups in total. The summed E-state index contributed by atoms with van der Waals surface area (Å²) in [6.45, 7) is -2.65. The molecule has 8 heteroatoms. The van der Waals surface area contributed by atoms with Crippen LogP contribution in [0, 0.1) is 0 Å². The average Bonchev–Trinajstić information content (AvgIpc) is 2.25. The Morgan fingerprint density at radius 3 is 2.16 bits per heavy atom. The summed E-state index contributed by atoms with van der Waals surface area (Å²) in [5, 5.41) is 8.86. The molecule has 0 saturated heterocycles. The van der Waals surface area contributed by atoms with Crippen LogP contribution in [0.4, 0.5) is 13.2 Å². The first-order valence-corrected chi connectivity index (χ1v) is 5.40. The third-order valence-electron chi connectivity index (χ3n) is 2.07. The molecule has 0 fully saturated rings. The quantitative estimate of drug-likeness (QED) is 0.928. The number of carbonyl (C=O) groups is 2. The molecule has 0 aliphatic carbocycles. The van der Waals surface area contributed by atoms with Crippen molar-refractivity contribution in [2.24, 2.45) is 0 Å². The summed E-state index contributed by atoms with van der Waals surface area (Å²) in [4.78, 5) is 22.5. The zero-order valence-electron chi connectivity index (χ0n) is 9.45. The van der Waals surface area contributed by atoms with Crippen molar-refractivity contribution >= 4 is 23.5 Å². The third-order valence-corrected chi connectivity index (χ3v) is 2.33. The topological polar surface area (TPSA) is 57.6 Å². The van der Waals surface area contributed by atoms with E-state index >= 15 is 0 Å². The van der Waals surface area contributed by atoms with Gasteiger partial charge in [0.15, 0.2) is 0 Å². The Kier molecular flexibility index (Phi) is 4.77. The number of alkyl halides is 3. The molecule has 0 radical (unpaired) electrons. The van der Waals surface area contributed by atoms with Gasteiger partial charge < -0.3 is 10.0 Å². The number of carbonyl (C=O) groups excluding carboxylic acids is 1. The molecule has 0 saturated carbocycles. The van der Waals surface area contributed by atoms with Gasteiger partial charge in [0.05, 0.1) is 0 Å². The van der Waals surface area contributed by atoms with Gasteiger partial charge in [-0.15, -0.1) is 0 Å². The minimum Gasteiger partial charge on any atom is -0.480 e. The number of carboxylic acids is 1. The van der Waals surface area contributed by atoms with Crippen molar-refractivity contribution in [3.05, 3.63) is 34.9 Å². The van der Waals surface area contributed by atoms with Crippen LogP contribution >= 0.6 is 11.6 Å². The summed E-state index contributed by atoms with van der Waals surface area (Å²) in [6, 6.07) is 5.13. The second-order valence-electron chi connectivity index (χ2n) is 3.68. The fourth-order valence-electron chi connectivity index (χ4n) is 1.35. The highest BCUT2D eigenvalue weighted by atomic mass is 35.5. The second-order valence-corrected chi connectivity index (χ2v) is 4.11. The Morgan fingerprint density at radius 2 is 1.74 bits per heavy atom. The summed E-state index contributed by atoms with van der Waals surface area (Å²) in [7, 11) is 0. The number of hydrogen-bond acceptors (Lipinski definition) is 2. The van der Waals surface area contributed by atoms with Gasteiger partial charge in [-0.2, -0.15) is 13.2 Å². The second kappa shape index (κ2) is 5.92. The van der Waals surface area contributed by atoms with Crippen LogP contribution in [-0.4, -0.2) is 41.1 Å². The van der Waals surface area contributed by atoms with E-state index in [9.17, 15) is 22.8 Å². The first-order valence-electron chi connectivity index (χ1n) is 5.02.